The fraction of sp³-hybridized carbons (Fsp3) is 0.909. The minimum absolute atomic E-state index is 0. The predicted molar refractivity (Wildman–Crippen MR) is 111 cm³/mol. The maximum absolute atomic E-state index is 13.8. The average Bonchev–Trinajstić information content (AvgIpc) is 3.15. The molecule has 6 fully saturated rings. The number of carbonyl (C=O) groups is 2. The van der Waals surface area contributed by atoms with Gasteiger partial charge < -0.3 is 15.1 Å². The highest BCUT2D eigenvalue weighted by Gasteiger charge is 2.57. The van der Waals surface area contributed by atoms with Gasteiger partial charge >= 0.3 is 0 Å². The summed E-state index contributed by atoms with van der Waals surface area (Å²) in [5, 5.41) is 3.33. The Labute approximate surface area is 175 Å². The van der Waals surface area contributed by atoms with Gasteiger partial charge in [0.25, 0.3) is 0 Å². The molecule has 1 N–H and O–H groups in total. The van der Waals surface area contributed by atoms with E-state index in [1.54, 1.807) is 0 Å². The van der Waals surface area contributed by atoms with Gasteiger partial charge in [-0.3, -0.25) is 9.59 Å². The molecule has 4 aliphatic carbocycles. The van der Waals surface area contributed by atoms with Gasteiger partial charge in [-0.05, 0) is 89.0 Å². The van der Waals surface area contributed by atoms with Gasteiger partial charge in [0.05, 0.1) is 5.41 Å². The highest BCUT2D eigenvalue weighted by molar-refractivity contribution is 5.91. The van der Waals surface area contributed by atoms with Crippen LogP contribution in [0.5, 0.6) is 0 Å². The van der Waals surface area contributed by atoms with E-state index in [0.29, 0.717) is 11.9 Å². The zero-order valence-electron chi connectivity index (χ0n) is 17.2. The van der Waals surface area contributed by atoms with Crippen molar-refractivity contribution >= 4 is 24.2 Å². The number of nitrogens with one attached hydrogen (secondary N) is 1. The molecular weight excluding hydrogens is 374 g/mol. The Bertz CT molecular complexity index is 590. The van der Waals surface area contributed by atoms with Gasteiger partial charge in [-0.1, -0.05) is 0 Å². The molecule has 0 aromatic carbocycles. The van der Waals surface area contributed by atoms with Crippen molar-refractivity contribution in [1.82, 2.24) is 15.1 Å². The normalized spacial score (nSPS) is 41.8. The van der Waals surface area contributed by atoms with Gasteiger partial charge in [0.15, 0.2) is 0 Å². The minimum Gasteiger partial charge on any atom is -0.339 e. The second kappa shape index (κ2) is 7.79. The number of piperidine rings is 1. The molecule has 5 nitrogen and oxygen atoms in total. The van der Waals surface area contributed by atoms with E-state index in [4.69, 9.17) is 0 Å². The van der Waals surface area contributed by atoms with Crippen LogP contribution >= 0.6 is 12.4 Å². The highest BCUT2D eigenvalue weighted by Crippen LogP contribution is 2.60. The molecule has 6 heteroatoms. The third-order valence-corrected chi connectivity index (χ3v) is 8.43. The molecule has 0 aromatic rings. The Morgan fingerprint density at radius 3 is 2.14 bits per heavy atom. The summed E-state index contributed by atoms with van der Waals surface area (Å²) in [6.45, 7) is 2.44. The lowest BCUT2D eigenvalue weighted by molar-refractivity contribution is -0.162. The largest absolute Gasteiger partial charge is 0.339 e. The molecule has 4 saturated carbocycles. The maximum atomic E-state index is 13.8. The Morgan fingerprint density at radius 2 is 1.54 bits per heavy atom. The number of likely N-dealkylation sites (tertiary alicyclic amines) is 2. The summed E-state index contributed by atoms with van der Waals surface area (Å²) >= 11 is 0. The Balaban J connectivity index is 0.00000192. The van der Waals surface area contributed by atoms with Crippen LogP contribution in [-0.2, 0) is 9.59 Å². The summed E-state index contributed by atoms with van der Waals surface area (Å²) in [5.41, 5.74) is -0.118. The SMILES string of the molecule is CNC1CCCN(C(=O)C2CCCN2C(=O)C23CC4CC(CC(C4)C2)C3)C1.Cl. The van der Waals surface area contributed by atoms with Gasteiger partial charge in [0, 0.05) is 25.7 Å². The van der Waals surface area contributed by atoms with Crippen molar-refractivity contribution in [3.05, 3.63) is 0 Å². The van der Waals surface area contributed by atoms with Gasteiger partial charge in [-0.2, -0.15) is 0 Å². The van der Waals surface area contributed by atoms with Crippen LogP contribution in [0, 0.1) is 23.2 Å². The minimum atomic E-state index is -0.193. The molecule has 0 aromatic heterocycles. The third kappa shape index (κ3) is 3.36. The van der Waals surface area contributed by atoms with Gasteiger partial charge in [-0.15, -0.1) is 12.4 Å². The number of likely N-dealkylation sites (N-methyl/N-ethyl adjacent to an activating group) is 1. The fourth-order valence-electron chi connectivity index (χ4n) is 7.57. The highest BCUT2D eigenvalue weighted by atomic mass is 35.5. The molecule has 2 heterocycles. The van der Waals surface area contributed by atoms with Crippen LogP contribution in [0.3, 0.4) is 0 Å². The number of hydrogen-bond acceptors (Lipinski definition) is 3. The van der Waals surface area contributed by atoms with Crippen LogP contribution in [0.25, 0.3) is 0 Å². The van der Waals surface area contributed by atoms with E-state index in [1.165, 1.54) is 19.3 Å². The van der Waals surface area contributed by atoms with Crippen LogP contribution in [0.1, 0.15) is 64.2 Å². The lowest BCUT2D eigenvalue weighted by Crippen LogP contribution is -2.58. The van der Waals surface area contributed by atoms with Crippen LogP contribution in [0.15, 0.2) is 0 Å². The summed E-state index contributed by atoms with van der Waals surface area (Å²) < 4.78 is 0. The first-order valence-corrected chi connectivity index (χ1v) is 11.3. The van der Waals surface area contributed by atoms with Crippen molar-refractivity contribution in [2.45, 2.75) is 76.3 Å². The average molecular weight is 410 g/mol. The standard InChI is InChI=1S/C22H35N3O2.ClH/c1-23-18-4-2-6-24(14-18)20(26)19-5-3-7-25(19)21(27)22-11-15-8-16(12-22)10-17(9-15)13-22;/h15-19,23H,2-14H2,1H3;1H. The van der Waals surface area contributed by atoms with Crippen molar-refractivity contribution in [3.63, 3.8) is 0 Å². The molecule has 6 aliphatic rings. The molecule has 0 radical (unpaired) electrons. The second-order valence-corrected chi connectivity index (χ2v) is 10.3. The number of nitrogens with zero attached hydrogens (tertiary/aromatic N) is 2. The summed E-state index contributed by atoms with van der Waals surface area (Å²) in [4.78, 5) is 31.1. The summed E-state index contributed by atoms with van der Waals surface area (Å²) in [5.74, 6) is 2.88. The molecule has 158 valence electrons. The van der Waals surface area contributed by atoms with Crippen LogP contribution in [0.4, 0.5) is 0 Å². The second-order valence-electron chi connectivity index (χ2n) is 10.3. The Kier molecular flexibility index (Phi) is 5.69. The first-order chi connectivity index (χ1) is 13.1. The maximum Gasteiger partial charge on any atom is 0.245 e. The van der Waals surface area contributed by atoms with Crippen molar-refractivity contribution < 1.29 is 9.59 Å². The molecule has 28 heavy (non-hydrogen) atoms. The lowest BCUT2D eigenvalue weighted by atomic mass is 9.49. The van der Waals surface area contributed by atoms with Gasteiger partial charge in [-0.25, -0.2) is 0 Å². The summed E-state index contributed by atoms with van der Waals surface area (Å²) in [6, 6.07) is 0.206. The number of carbonyl (C=O) groups excluding carboxylic acids is 2. The first-order valence-electron chi connectivity index (χ1n) is 11.3. The molecule has 6 rings (SSSR count). The molecule has 2 aliphatic heterocycles. The van der Waals surface area contributed by atoms with Crippen LogP contribution < -0.4 is 5.32 Å². The van der Waals surface area contributed by atoms with Crippen molar-refractivity contribution in [3.8, 4) is 0 Å². The lowest BCUT2D eigenvalue weighted by Gasteiger charge is -2.56. The van der Waals surface area contributed by atoms with E-state index in [2.05, 4.69) is 5.32 Å². The van der Waals surface area contributed by atoms with E-state index >= 15 is 0 Å². The molecular formula is C22H36ClN3O2. The fourth-order valence-corrected chi connectivity index (χ4v) is 7.57. The van der Waals surface area contributed by atoms with E-state index in [9.17, 15) is 9.59 Å². The number of hydrogen-bond donors (Lipinski definition) is 1. The Morgan fingerprint density at radius 1 is 0.929 bits per heavy atom. The molecule has 2 saturated heterocycles. The van der Waals surface area contributed by atoms with Gasteiger partial charge in [0.1, 0.15) is 6.04 Å². The summed E-state index contributed by atoms with van der Waals surface area (Å²) in [7, 11) is 1.98. The van der Waals surface area contributed by atoms with E-state index in [1.807, 2.05) is 16.8 Å². The van der Waals surface area contributed by atoms with Gasteiger partial charge in [0.2, 0.25) is 11.8 Å². The first kappa shape index (κ1) is 20.5. The molecule has 2 amide bonds. The zero-order chi connectivity index (χ0) is 18.6. The molecule has 2 unspecified atom stereocenters. The third-order valence-electron chi connectivity index (χ3n) is 8.43. The quantitative estimate of drug-likeness (QED) is 0.779. The van der Waals surface area contributed by atoms with Crippen molar-refractivity contribution in [2.24, 2.45) is 23.2 Å². The van der Waals surface area contributed by atoms with E-state index in [0.717, 1.165) is 82.3 Å². The molecule has 0 spiro atoms. The van der Waals surface area contributed by atoms with Crippen LogP contribution in [-0.4, -0.2) is 60.4 Å². The number of amides is 2. The number of halogens is 1. The van der Waals surface area contributed by atoms with E-state index < -0.39 is 0 Å². The van der Waals surface area contributed by atoms with Crippen molar-refractivity contribution in [1.29, 1.82) is 0 Å². The monoisotopic (exact) mass is 409 g/mol. The van der Waals surface area contributed by atoms with Crippen LogP contribution in [0.2, 0.25) is 0 Å². The van der Waals surface area contributed by atoms with E-state index in [-0.39, 0.29) is 29.8 Å². The Hall–Kier alpha value is -0.810. The predicted octanol–water partition coefficient (Wildman–Crippen LogP) is 2.83. The zero-order valence-corrected chi connectivity index (χ0v) is 18.0. The van der Waals surface area contributed by atoms with Crippen molar-refractivity contribution in [2.75, 3.05) is 26.7 Å². The number of rotatable bonds is 3. The molecule has 4 bridgehead atoms. The smallest absolute Gasteiger partial charge is 0.245 e. The summed E-state index contributed by atoms with van der Waals surface area (Å²) in [6.07, 6.45) is 11.4. The topological polar surface area (TPSA) is 52.7 Å². The molecule has 2 atom stereocenters.